The Bertz CT molecular complexity index is 933. The highest BCUT2D eigenvalue weighted by atomic mass is 16.7. The first-order chi connectivity index (χ1) is 14.6. The van der Waals surface area contributed by atoms with Gasteiger partial charge in [0.1, 0.15) is 17.0 Å². The van der Waals surface area contributed by atoms with E-state index in [0.717, 1.165) is 11.3 Å². The van der Waals surface area contributed by atoms with Crippen LogP contribution in [0.3, 0.4) is 0 Å². The quantitative estimate of drug-likeness (QED) is 0.796. The Morgan fingerprint density at radius 2 is 1.80 bits per heavy atom. The van der Waals surface area contributed by atoms with Crippen molar-refractivity contribution in [1.29, 1.82) is 0 Å². The fraction of sp³-hybridized carbons (Fsp3) is 0.304. The van der Waals surface area contributed by atoms with Crippen LogP contribution in [0.15, 0.2) is 66.4 Å². The van der Waals surface area contributed by atoms with Crippen LogP contribution in [-0.2, 0) is 16.2 Å². The van der Waals surface area contributed by atoms with Crippen LogP contribution >= 0.6 is 0 Å². The molecule has 2 heterocycles. The van der Waals surface area contributed by atoms with Gasteiger partial charge in [-0.2, -0.15) is 0 Å². The van der Waals surface area contributed by atoms with Gasteiger partial charge in [-0.15, -0.1) is 0 Å². The molecule has 7 nitrogen and oxygen atoms in total. The molecule has 0 aromatic heterocycles. The van der Waals surface area contributed by atoms with Crippen molar-refractivity contribution in [2.45, 2.75) is 25.0 Å². The molecule has 2 aliphatic rings. The number of rotatable bonds is 5. The summed E-state index contributed by atoms with van der Waals surface area (Å²) in [6.45, 7) is 1.57. The normalized spacial score (nSPS) is 17.2. The van der Waals surface area contributed by atoms with Gasteiger partial charge < -0.3 is 15.0 Å². The van der Waals surface area contributed by atoms with Crippen molar-refractivity contribution in [2.24, 2.45) is 0 Å². The highest BCUT2D eigenvalue weighted by molar-refractivity contribution is 5.94. The average Bonchev–Trinajstić information content (AvgIpc) is 3.22. The Morgan fingerprint density at radius 1 is 1.10 bits per heavy atom. The summed E-state index contributed by atoms with van der Waals surface area (Å²) in [5.41, 5.74) is 4.30. The fourth-order valence-corrected chi connectivity index (χ4v) is 3.71. The van der Waals surface area contributed by atoms with Crippen molar-refractivity contribution in [3.05, 3.63) is 77.5 Å². The molecule has 2 amide bonds. The third-order valence-corrected chi connectivity index (χ3v) is 5.55. The summed E-state index contributed by atoms with van der Waals surface area (Å²) in [5.74, 6) is 0.508. The zero-order chi connectivity index (χ0) is 21.0. The number of nitrogens with zero attached hydrogens (tertiary/aromatic N) is 1. The van der Waals surface area contributed by atoms with E-state index in [9.17, 15) is 9.59 Å². The summed E-state index contributed by atoms with van der Waals surface area (Å²) >= 11 is 0. The van der Waals surface area contributed by atoms with Crippen molar-refractivity contribution in [3.63, 3.8) is 0 Å². The smallest absolute Gasteiger partial charge is 0.269 e. The average molecular weight is 407 g/mol. The molecule has 2 aliphatic heterocycles. The molecule has 0 saturated carbocycles. The van der Waals surface area contributed by atoms with Gasteiger partial charge in [0.25, 0.3) is 11.8 Å². The van der Waals surface area contributed by atoms with Gasteiger partial charge in [-0.3, -0.25) is 19.9 Å². The van der Waals surface area contributed by atoms with Crippen LogP contribution in [0.25, 0.3) is 0 Å². The Balaban J connectivity index is 1.33. The number of hydrogen-bond acceptors (Lipinski definition) is 5. The van der Waals surface area contributed by atoms with Crippen LogP contribution < -0.4 is 15.5 Å². The lowest BCUT2D eigenvalue weighted by Crippen LogP contribution is -2.46. The summed E-state index contributed by atoms with van der Waals surface area (Å²) < 4.78 is 5.14. The Morgan fingerprint density at radius 3 is 2.47 bits per heavy atom. The number of benzene rings is 2. The summed E-state index contributed by atoms with van der Waals surface area (Å²) in [5, 5.41) is 2.90. The highest BCUT2D eigenvalue weighted by Gasteiger charge is 2.41. The van der Waals surface area contributed by atoms with E-state index in [1.165, 1.54) is 0 Å². The molecule has 2 N–H and O–H groups in total. The standard InChI is InChI=1S/C23H25N3O4/c1-29-19-9-7-18(8-10-19)22(28)26-13-11-23(12-14-26)15-20(25-30-23)21(27)24-16-17-5-3-2-4-6-17/h2-10,15,25H,11-14,16H2,1H3,(H,24,27). The minimum Gasteiger partial charge on any atom is -0.497 e. The topological polar surface area (TPSA) is 79.9 Å². The number of ether oxygens (including phenoxy) is 1. The van der Waals surface area contributed by atoms with E-state index in [1.807, 2.05) is 41.3 Å². The highest BCUT2D eigenvalue weighted by Crippen LogP contribution is 2.32. The van der Waals surface area contributed by atoms with E-state index in [2.05, 4.69) is 10.8 Å². The van der Waals surface area contributed by atoms with Crippen LogP contribution in [0, 0.1) is 0 Å². The van der Waals surface area contributed by atoms with Crippen molar-refractivity contribution in [2.75, 3.05) is 20.2 Å². The van der Waals surface area contributed by atoms with Crippen LogP contribution in [0.1, 0.15) is 28.8 Å². The molecule has 2 aromatic carbocycles. The van der Waals surface area contributed by atoms with E-state index >= 15 is 0 Å². The third-order valence-electron chi connectivity index (χ3n) is 5.55. The first-order valence-corrected chi connectivity index (χ1v) is 10.0. The lowest BCUT2D eigenvalue weighted by Gasteiger charge is -2.36. The van der Waals surface area contributed by atoms with Gasteiger partial charge in [0.05, 0.1) is 7.11 Å². The molecular weight excluding hydrogens is 382 g/mol. The van der Waals surface area contributed by atoms with Crippen LogP contribution in [0.5, 0.6) is 5.75 Å². The molecule has 0 unspecified atom stereocenters. The monoisotopic (exact) mass is 407 g/mol. The number of likely N-dealkylation sites (tertiary alicyclic amines) is 1. The second-order valence-corrected chi connectivity index (χ2v) is 7.52. The number of amides is 2. The van der Waals surface area contributed by atoms with E-state index in [-0.39, 0.29) is 11.8 Å². The number of carbonyl (C=O) groups is 2. The van der Waals surface area contributed by atoms with Gasteiger partial charge >= 0.3 is 0 Å². The summed E-state index contributed by atoms with van der Waals surface area (Å²) in [6, 6.07) is 16.9. The summed E-state index contributed by atoms with van der Waals surface area (Å²) in [4.78, 5) is 32.8. The van der Waals surface area contributed by atoms with Crippen molar-refractivity contribution >= 4 is 11.8 Å². The lowest BCUT2D eigenvalue weighted by atomic mass is 9.90. The van der Waals surface area contributed by atoms with Crippen molar-refractivity contribution in [3.8, 4) is 5.75 Å². The SMILES string of the molecule is COc1ccc(C(=O)N2CCC3(C=C(C(=O)NCc4ccccc4)NO3)CC2)cc1. The molecule has 0 aliphatic carbocycles. The molecular formula is C23H25N3O4. The molecule has 0 atom stereocenters. The van der Waals surface area contributed by atoms with Crippen LogP contribution in [-0.4, -0.2) is 42.5 Å². The maximum atomic E-state index is 12.7. The molecule has 1 fully saturated rings. The van der Waals surface area contributed by atoms with Gasteiger partial charge in [0.2, 0.25) is 0 Å². The van der Waals surface area contributed by atoms with Gasteiger partial charge in [0.15, 0.2) is 0 Å². The molecule has 1 saturated heterocycles. The summed E-state index contributed by atoms with van der Waals surface area (Å²) in [6.07, 6.45) is 3.09. The maximum Gasteiger partial charge on any atom is 0.269 e. The Labute approximate surface area is 175 Å². The zero-order valence-electron chi connectivity index (χ0n) is 16.9. The molecule has 2 aromatic rings. The molecule has 0 radical (unpaired) electrons. The van der Waals surface area contributed by atoms with E-state index in [1.54, 1.807) is 31.4 Å². The number of carbonyl (C=O) groups excluding carboxylic acids is 2. The lowest BCUT2D eigenvalue weighted by molar-refractivity contribution is -0.120. The number of nitrogens with one attached hydrogen (secondary N) is 2. The second-order valence-electron chi connectivity index (χ2n) is 7.52. The zero-order valence-corrected chi connectivity index (χ0v) is 16.9. The van der Waals surface area contributed by atoms with E-state index in [4.69, 9.17) is 9.57 Å². The van der Waals surface area contributed by atoms with Gasteiger partial charge in [0, 0.05) is 38.0 Å². The molecule has 7 heteroatoms. The first kappa shape index (κ1) is 20.0. The predicted octanol–water partition coefficient (Wildman–Crippen LogP) is 2.41. The Hall–Kier alpha value is -3.32. The number of methoxy groups -OCH3 is 1. The predicted molar refractivity (Wildman–Crippen MR) is 111 cm³/mol. The minimum absolute atomic E-state index is 0.0109. The van der Waals surface area contributed by atoms with E-state index < -0.39 is 5.60 Å². The molecule has 1 spiro atoms. The minimum atomic E-state index is -0.559. The van der Waals surface area contributed by atoms with Crippen molar-refractivity contribution in [1.82, 2.24) is 15.7 Å². The molecule has 0 bridgehead atoms. The Kier molecular flexibility index (Phi) is 5.72. The number of hydroxylamine groups is 1. The maximum absolute atomic E-state index is 12.7. The molecule has 30 heavy (non-hydrogen) atoms. The largest absolute Gasteiger partial charge is 0.497 e. The second kappa shape index (κ2) is 8.59. The molecule has 156 valence electrons. The van der Waals surface area contributed by atoms with Gasteiger partial charge in [-0.25, -0.2) is 0 Å². The van der Waals surface area contributed by atoms with Crippen LogP contribution in [0.2, 0.25) is 0 Å². The first-order valence-electron chi connectivity index (χ1n) is 10.0. The fourth-order valence-electron chi connectivity index (χ4n) is 3.71. The summed E-state index contributed by atoms with van der Waals surface area (Å²) in [7, 11) is 1.60. The third kappa shape index (κ3) is 4.31. The van der Waals surface area contributed by atoms with Crippen molar-refractivity contribution < 1.29 is 19.2 Å². The number of hydrogen-bond donors (Lipinski definition) is 2. The van der Waals surface area contributed by atoms with Crippen LogP contribution in [0.4, 0.5) is 0 Å². The van der Waals surface area contributed by atoms with Gasteiger partial charge in [-0.1, -0.05) is 30.3 Å². The van der Waals surface area contributed by atoms with Gasteiger partial charge in [-0.05, 0) is 35.9 Å². The van der Waals surface area contributed by atoms with E-state index in [0.29, 0.717) is 43.7 Å². The molecule has 4 rings (SSSR count). The number of piperidine rings is 1.